The monoisotopic (exact) mass is 406 g/mol. The van der Waals surface area contributed by atoms with Crippen molar-refractivity contribution in [1.82, 2.24) is 14.8 Å². The predicted molar refractivity (Wildman–Crippen MR) is 116 cm³/mol. The molecule has 2 atom stereocenters. The number of likely N-dealkylation sites (tertiary alicyclic amines) is 1. The molecule has 2 fully saturated rings. The molecule has 1 aromatic heterocycles. The van der Waals surface area contributed by atoms with Crippen molar-refractivity contribution in [3.63, 3.8) is 0 Å². The molecule has 0 aliphatic carbocycles. The molecule has 156 valence electrons. The Morgan fingerprint density at radius 1 is 1.14 bits per heavy atom. The molecule has 2 aliphatic rings. The average molecular weight is 407 g/mol. The lowest BCUT2D eigenvalue weighted by molar-refractivity contribution is 0.0692. The highest BCUT2D eigenvalue weighted by atomic mass is 35.5. The van der Waals surface area contributed by atoms with Gasteiger partial charge in [0.15, 0.2) is 0 Å². The molecule has 2 saturated heterocycles. The summed E-state index contributed by atoms with van der Waals surface area (Å²) in [5.74, 6) is 1.72. The SMILES string of the molecule is CC1CCC(C)N1C(=O)c1ccc(N2CCC(CCCN(C)C)CC2)nc1Cl. The molecule has 1 aromatic rings. The number of anilines is 1. The summed E-state index contributed by atoms with van der Waals surface area (Å²) in [5, 5.41) is 0.335. The van der Waals surface area contributed by atoms with Gasteiger partial charge in [-0.1, -0.05) is 11.6 Å². The van der Waals surface area contributed by atoms with Crippen LogP contribution in [0.25, 0.3) is 0 Å². The minimum atomic E-state index is 0.0150. The van der Waals surface area contributed by atoms with E-state index in [1.165, 1.54) is 32.2 Å². The minimum Gasteiger partial charge on any atom is -0.357 e. The summed E-state index contributed by atoms with van der Waals surface area (Å²) in [6.07, 6.45) is 7.09. The van der Waals surface area contributed by atoms with Crippen molar-refractivity contribution >= 4 is 23.3 Å². The van der Waals surface area contributed by atoms with Gasteiger partial charge in [0.05, 0.1) is 5.56 Å². The standard InChI is InChI=1S/C22H35ClN4O/c1-16-7-8-17(2)27(16)22(28)19-9-10-20(24-21(19)23)26-14-11-18(12-15-26)6-5-13-25(3)4/h9-10,16-18H,5-8,11-15H2,1-4H3. The summed E-state index contributed by atoms with van der Waals surface area (Å²) in [5.41, 5.74) is 0.532. The Hall–Kier alpha value is -1.33. The topological polar surface area (TPSA) is 39.7 Å². The van der Waals surface area contributed by atoms with Crippen LogP contribution in [0.5, 0.6) is 0 Å². The molecule has 5 nitrogen and oxygen atoms in total. The van der Waals surface area contributed by atoms with E-state index in [1.807, 2.05) is 17.0 Å². The van der Waals surface area contributed by atoms with E-state index < -0.39 is 0 Å². The van der Waals surface area contributed by atoms with E-state index in [9.17, 15) is 4.79 Å². The van der Waals surface area contributed by atoms with Crippen molar-refractivity contribution in [2.24, 2.45) is 5.92 Å². The summed E-state index contributed by atoms with van der Waals surface area (Å²) in [6, 6.07) is 4.37. The lowest BCUT2D eigenvalue weighted by Crippen LogP contribution is -2.39. The van der Waals surface area contributed by atoms with E-state index in [0.29, 0.717) is 10.7 Å². The predicted octanol–water partition coefficient (Wildman–Crippen LogP) is 4.31. The number of nitrogens with zero attached hydrogens (tertiary/aromatic N) is 4. The van der Waals surface area contributed by atoms with Crippen LogP contribution in [0.2, 0.25) is 5.15 Å². The van der Waals surface area contributed by atoms with E-state index in [0.717, 1.165) is 37.7 Å². The lowest BCUT2D eigenvalue weighted by Gasteiger charge is -2.33. The van der Waals surface area contributed by atoms with E-state index in [2.05, 4.69) is 42.7 Å². The van der Waals surface area contributed by atoms with Gasteiger partial charge in [0, 0.05) is 25.2 Å². The molecule has 6 heteroatoms. The van der Waals surface area contributed by atoms with E-state index in [-0.39, 0.29) is 18.0 Å². The van der Waals surface area contributed by atoms with Crippen molar-refractivity contribution in [3.8, 4) is 0 Å². The van der Waals surface area contributed by atoms with Crippen molar-refractivity contribution in [2.45, 2.75) is 64.5 Å². The van der Waals surface area contributed by atoms with Crippen LogP contribution in [0, 0.1) is 5.92 Å². The fourth-order valence-corrected chi connectivity index (χ4v) is 4.87. The summed E-state index contributed by atoms with van der Waals surface area (Å²) >= 11 is 6.45. The maximum Gasteiger partial charge on any atom is 0.257 e. The zero-order valence-corrected chi connectivity index (χ0v) is 18.6. The number of hydrogen-bond donors (Lipinski definition) is 0. The van der Waals surface area contributed by atoms with Crippen LogP contribution in [0.3, 0.4) is 0 Å². The Kier molecular flexibility index (Phi) is 7.21. The molecule has 2 unspecified atom stereocenters. The summed E-state index contributed by atoms with van der Waals surface area (Å²) in [4.78, 5) is 24.1. The van der Waals surface area contributed by atoms with Gasteiger partial charge in [0.1, 0.15) is 11.0 Å². The third-order valence-corrected chi connectivity index (χ3v) is 6.70. The fraction of sp³-hybridized carbons (Fsp3) is 0.727. The van der Waals surface area contributed by atoms with Crippen LogP contribution >= 0.6 is 11.6 Å². The number of halogens is 1. The molecule has 0 radical (unpaired) electrons. The van der Waals surface area contributed by atoms with Gasteiger partial charge in [-0.3, -0.25) is 4.79 Å². The molecule has 3 heterocycles. The highest BCUT2D eigenvalue weighted by Crippen LogP contribution is 2.30. The smallest absolute Gasteiger partial charge is 0.257 e. The third-order valence-electron chi connectivity index (χ3n) is 6.41. The van der Waals surface area contributed by atoms with Gasteiger partial charge < -0.3 is 14.7 Å². The lowest BCUT2D eigenvalue weighted by atomic mass is 9.92. The van der Waals surface area contributed by atoms with Crippen LogP contribution in [-0.4, -0.2) is 66.5 Å². The maximum atomic E-state index is 13.0. The first-order valence-electron chi connectivity index (χ1n) is 10.8. The molecule has 0 N–H and O–H groups in total. The number of aromatic nitrogens is 1. The van der Waals surface area contributed by atoms with Crippen LogP contribution in [0.15, 0.2) is 12.1 Å². The van der Waals surface area contributed by atoms with Gasteiger partial charge in [-0.2, -0.15) is 0 Å². The van der Waals surface area contributed by atoms with Crippen molar-refractivity contribution in [2.75, 3.05) is 38.6 Å². The largest absolute Gasteiger partial charge is 0.357 e. The third kappa shape index (κ3) is 4.98. The molecule has 0 spiro atoms. The fourth-order valence-electron chi connectivity index (χ4n) is 4.64. The van der Waals surface area contributed by atoms with Gasteiger partial charge in [-0.05, 0) is 91.1 Å². The van der Waals surface area contributed by atoms with Gasteiger partial charge in [-0.15, -0.1) is 0 Å². The Bertz CT molecular complexity index is 663. The molecule has 0 saturated carbocycles. The Morgan fingerprint density at radius 3 is 2.36 bits per heavy atom. The van der Waals surface area contributed by atoms with Gasteiger partial charge >= 0.3 is 0 Å². The second kappa shape index (κ2) is 9.45. The number of amides is 1. The maximum absolute atomic E-state index is 13.0. The quantitative estimate of drug-likeness (QED) is 0.660. The van der Waals surface area contributed by atoms with Gasteiger partial charge in [0.25, 0.3) is 5.91 Å². The van der Waals surface area contributed by atoms with E-state index in [1.54, 1.807) is 0 Å². The number of rotatable bonds is 6. The minimum absolute atomic E-state index is 0.0150. The second-order valence-corrected chi connectivity index (χ2v) is 9.23. The first kappa shape index (κ1) is 21.4. The van der Waals surface area contributed by atoms with Gasteiger partial charge in [0.2, 0.25) is 0 Å². The number of piperidine rings is 1. The second-order valence-electron chi connectivity index (χ2n) is 8.87. The van der Waals surface area contributed by atoms with E-state index in [4.69, 9.17) is 11.6 Å². The van der Waals surface area contributed by atoms with E-state index >= 15 is 0 Å². The normalized spacial score (nSPS) is 23.6. The summed E-state index contributed by atoms with van der Waals surface area (Å²) in [7, 11) is 4.27. The molecule has 3 rings (SSSR count). The highest BCUT2D eigenvalue weighted by Gasteiger charge is 2.33. The first-order chi connectivity index (χ1) is 13.4. The number of carbonyl (C=O) groups is 1. The summed E-state index contributed by atoms with van der Waals surface area (Å²) in [6.45, 7) is 7.42. The zero-order valence-electron chi connectivity index (χ0n) is 17.8. The number of carbonyl (C=O) groups excluding carboxylic acids is 1. The van der Waals surface area contributed by atoms with Gasteiger partial charge in [-0.25, -0.2) is 4.98 Å². The zero-order chi connectivity index (χ0) is 20.3. The van der Waals surface area contributed by atoms with Crippen LogP contribution < -0.4 is 4.90 Å². The number of hydrogen-bond acceptors (Lipinski definition) is 4. The molecule has 0 aromatic carbocycles. The Balaban J connectivity index is 1.58. The Labute approximate surface area is 175 Å². The average Bonchev–Trinajstić information content (AvgIpc) is 3.00. The first-order valence-corrected chi connectivity index (χ1v) is 11.1. The van der Waals surface area contributed by atoms with Crippen molar-refractivity contribution in [3.05, 3.63) is 22.8 Å². The van der Waals surface area contributed by atoms with Crippen molar-refractivity contribution in [1.29, 1.82) is 0 Å². The molecular weight excluding hydrogens is 372 g/mol. The Morgan fingerprint density at radius 2 is 1.79 bits per heavy atom. The molecular formula is C22H35ClN4O. The van der Waals surface area contributed by atoms with Crippen LogP contribution in [-0.2, 0) is 0 Å². The van der Waals surface area contributed by atoms with Crippen LogP contribution in [0.1, 0.15) is 62.7 Å². The van der Waals surface area contributed by atoms with Crippen LogP contribution in [0.4, 0.5) is 5.82 Å². The molecule has 28 heavy (non-hydrogen) atoms. The summed E-state index contributed by atoms with van der Waals surface area (Å²) < 4.78 is 0. The molecule has 2 aliphatic heterocycles. The number of pyridine rings is 1. The highest BCUT2D eigenvalue weighted by molar-refractivity contribution is 6.32. The molecule has 1 amide bonds. The molecule has 0 bridgehead atoms. The van der Waals surface area contributed by atoms with Crippen molar-refractivity contribution < 1.29 is 4.79 Å².